The lowest BCUT2D eigenvalue weighted by Crippen LogP contribution is -2.41. The molecule has 0 aliphatic carbocycles. The van der Waals surface area contributed by atoms with Gasteiger partial charge in [-0.25, -0.2) is 0 Å². The second-order valence-electron chi connectivity index (χ2n) is 11.6. The van der Waals surface area contributed by atoms with Crippen LogP contribution in [0.15, 0.2) is 109 Å². The molecule has 4 aromatic rings. The van der Waals surface area contributed by atoms with Crippen molar-refractivity contribution in [3.8, 4) is 0 Å². The minimum absolute atomic E-state index is 0.0380. The van der Waals surface area contributed by atoms with Crippen molar-refractivity contribution in [3.05, 3.63) is 120 Å². The molecule has 1 aliphatic rings. The molecule has 0 aromatic heterocycles. The number of carbonyl (C=O) groups excluding carboxylic acids is 2. The minimum Gasteiger partial charge on any atom is -0.423 e. The third kappa shape index (κ3) is 7.46. The Balaban J connectivity index is 0.000000209. The molecule has 8 nitrogen and oxygen atoms in total. The van der Waals surface area contributed by atoms with E-state index in [0.29, 0.717) is 22.3 Å². The van der Waals surface area contributed by atoms with E-state index in [2.05, 4.69) is 0 Å². The van der Waals surface area contributed by atoms with Crippen molar-refractivity contribution in [2.45, 2.75) is 38.9 Å². The van der Waals surface area contributed by atoms with Gasteiger partial charge in [-0.2, -0.15) is 0 Å². The maximum atomic E-state index is 12.5. The van der Waals surface area contributed by atoms with Crippen LogP contribution in [0.1, 0.15) is 48.4 Å². The maximum absolute atomic E-state index is 12.5. The first-order valence-electron chi connectivity index (χ1n) is 14.4. The molecule has 1 aliphatic heterocycles. The molecule has 0 atom stereocenters. The quantitative estimate of drug-likeness (QED) is 0.330. The molecule has 1 saturated heterocycles. The maximum Gasteiger partial charge on any atom is 0.494 e. The Morgan fingerprint density at radius 2 is 0.977 bits per heavy atom. The molecule has 4 aromatic carbocycles. The molecule has 1 fully saturated rings. The number of benzene rings is 4. The van der Waals surface area contributed by atoms with Crippen LogP contribution in [0.5, 0.6) is 0 Å². The zero-order valence-corrected chi connectivity index (χ0v) is 26.0. The first kappa shape index (κ1) is 32.7. The van der Waals surface area contributed by atoms with Gasteiger partial charge in [0.05, 0.1) is 11.2 Å². The Labute approximate surface area is 260 Å². The van der Waals surface area contributed by atoms with Crippen LogP contribution in [0, 0.1) is 0 Å². The van der Waals surface area contributed by atoms with Crippen molar-refractivity contribution in [2.24, 2.45) is 0 Å². The van der Waals surface area contributed by atoms with Crippen LogP contribution in [0.4, 0.5) is 11.4 Å². The zero-order chi connectivity index (χ0) is 32.1. The van der Waals surface area contributed by atoms with Gasteiger partial charge in [-0.15, -0.1) is 0 Å². The highest BCUT2D eigenvalue weighted by molar-refractivity contribution is 6.62. The van der Waals surface area contributed by atoms with E-state index in [1.165, 1.54) is 4.90 Å². The zero-order valence-electron chi connectivity index (χ0n) is 26.0. The number of hydrogen-bond acceptors (Lipinski definition) is 6. The van der Waals surface area contributed by atoms with Crippen LogP contribution in [-0.2, 0) is 9.31 Å². The second-order valence-corrected chi connectivity index (χ2v) is 11.6. The van der Waals surface area contributed by atoms with E-state index in [4.69, 9.17) is 19.4 Å². The van der Waals surface area contributed by atoms with E-state index in [1.54, 1.807) is 55.4 Å². The Bertz CT molecular complexity index is 1530. The number of amides is 2. The molecule has 44 heavy (non-hydrogen) atoms. The molecule has 0 unspecified atom stereocenters. The van der Waals surface area contributed by atoms with Crippen LogP contribution in [-0.4, -0.2) is 61.4 Å². The van der Waals surface area contributed by atoms with Crippen molar-refractivity contribution in [1.82, 2.24) is 0 Å². The molecule has 2 amide bonds. The first-order chi connectivity index (χ1) is 20.8. The van der Waals surface area contributed by atoms with Crippen LogP contribution in [0.25, 0.3) is 0 Å². The van der Waals surface area contributed by atoms with Gasteiger partial charge in [0.25, 0.3) is 11.8 Å². The van der Waals surface area contributed by atoms with Crippen molar-refractivity contribution in [2.75, 3.05) is 23.9 Å². The third-order valence-electron chi connectivity index (χ3n) is 8.04. The molecule has 0 spiro atoms. The summed E-state index contributed by atoms with van der Waals surface area (Å²) >= 11 is 0. The third-order valence-corrected chi connectivity index (χ3v) is 8.04. The summed E-state index contributed by atoms with van der Waals surface area (Å²) in [7, 11) is 1.57. The largest absolute Gasteiger partial charge is 0.494 e. The van der Waals surface area contributed by atoms with Crippen molar-refractivity contribution < 1.29 is 28.9 Å². The van der Waals surface area contributed by atoms with Crippen molar-refractivity contribution in [1.29, 1.82) is 0 Å². The summed E-state index contributed by atoms with van der Waals surface area (Å²) < 4.78 is 12.1. The Hall–Kier alpha value is -4.21. The predicted molar refractivity (Wildman–Crippen MR) is 177 cm³/mol. The number of rotatable bonds is 6. The van der Waals surface area contributed by atoms with Gasteiger partial charge in [0.2, 0.25) is 0 Å². The van der Waals surface area contributed by atoms with Crippen LogP contribution in [0.3, 0.4) is 0 Å². The fraction of sp³-hybridized carbons (Fsp3) is 0.235. The molecule has 10 heteroatoms. The summed E-state index contributed by atoms with van der Waals surface area (Å²) in [5, 5.41) is 18.0. The number of nitrogens with zero attached hydrogens (tertiary/aromatic N) is 2. The number of anilines is 2. The summed E-state index contributed by atoms with van der Waals surface area (Å²) in [4.78, 5) is 27.9. The van der Waals surface area contributed by atoms with Crippen LogP contribution in [0.2, 0.25) is 0 Å². The lowest BCUT2D eigenvalue weighted by molar-refractivity contribution is 0.00578. The van der Waals surface area contributed by atoms with Crippen molar-refractivity contribution >= 4 is 48.4 Å². The van der Waals surface area contributed by atoms with Gasteiger partial charge in [-0.3, -0.25) is 9.59 Å². The molecule has 0 saturated carbocycles. The predicted octanol–water partition coefficient (Wildman–Crippen LogP) is 3.91. The summed E-state index contributed by atoms with van der Waals surface area (Å²) in [5.74, 6) is -0.151. The highest BCUT2D eigenvalue weighted by Crippen LogP contribution is 2.36. The Morgan fingerprint density at radius 1 is 0.614 bits per heavy atom. The van der Waals surface area contributed by atoms with E-state index >= 15 is 0 Å². The van der Waals surface area contributed by atoms with Crippen LogP contribution < -0.4 is 20.7 Å². The van der Waals surface area contributed by atoms with Gasteiger partial charge in [0.15, 0.2) is 0 Å². The first-order valence-corrected chi connectivity index (χ1v) is 14.4. The molecule has 226 valence electrons. The Morgan fingerprint density at radius 3 is 1.34 bits per heavy atom. The molecule has 0 bridgehead atoms. The van der Waals surface area contributed by atoms with Gasteiger partial charge in [0.1, 0.15) is 0 Å². The van der Waals surface area contributed by atoms with E-state index in [1.807, 2.05) is 100 Å². The molecule has 5 rings (SSSR count). The topological polar surface area (TPSA) is 99.5 Å². The summed E-state index contributed by atoms with van der Waals surface area (Å²) in [6.07, 6.45) is 0. The molecular formula is C34H38B2N2O6. The van der Waals surface area contributed by atoms with Gasteiger partial charge in [0, 0.05) is 36.6 Å². The van der Waals surface area contributed by atoms with Crippen LogP contribution >= 0.6 is 0 Å². The average molecular weight is 592 g/mol. The SMILES string of the molecule is CN(C(=O)c1ccccc1)c1ccc(B(O)O)cc1.CN(C(=O)c1ccccc1)c1ccc(B2OC(C)(C)C(C)(C)O2)cc1. The molecule has 0 radical (unpaired) electrons. The summed E-state index contributed by atoms with van der Waals surface area (Å²) in [5.41, 5.74) is 3.41. The molecule has 2 N–H and O–H groups in total. The Kier molecular flexibility index (Phi) is 10.1. The van der Waals surface area contributed by atoms with Gasteiger partial charge >= 0.3 is 14.2 Å². The van der Waals surface area contributed by atoms with E-state index in [-0.39, 0.29) is 23.0 Å². The fourth-order valence-electron chi connectivity index (χ4n) is 4.49. The lowest BCUT2D eigenvalue weighted by atomic mass is 9.79. The van der Waals surface area contributed by atoms with E-state index in [9.17, 15) is 9.59 Å². The van der Waals surface area contributed by atoms with E-state index < -0.39 is 14.2 Å². The monoisotopic (exact) mass is 592 g/mol. The standard InChI is InChI=1S/C20H24BNO3.C14H14BNO3/c1-19(2)20(3,4)25-21(24-19)16-11-13-17(14-12-16)22(5)18(23)15-9-7-6-8-10-15;1-16(14(17)11-5-3-2-4-6-11)13-9-7-12(8-10-13)15(18)19/h6-14H,1-5H3;2-10,18-19H,1H3. The minimum atomic E-state index is -1.50. The van der Waals surface area contributed by atoms with E-state index in [0.717, 1.165) is 11.2 Å². The highest BCUT2D eigenvalue weighted by atomic mass is 16.7. The fourth-order valence-corrected chi connectivity index (χ4v) is 4.49. The highest BCUT2D eigenvalue weighted by Gasteiger charge is 2.51. The average Bonchev–Trinajstić information content (AvgIpc) is 3.26. The summed E-state index contributed by atoms with van der Waals surface area (Å²) in [6.45, 7) is 8.14. The number of carbonyl (C=O) groups is 2. The molecule has 1 heterocycles. The van der Waals surface area contributed by atoms with Gasteiger partial charge in [-0.05, 0) is 87.2 Å². The van der Waals surface area contributed by atoms with Crippen molar-refractivity contribution in [3.63, 3.8) is 0 Å². The molecular weight excluding hydrogens is 554 g/mol. The summed E-state index contributed by atoms with van der Waals surface area (Å²) in [6, 6.07) is 32.5. The van der Waals surface area contributed by atoms with Gasteiger partial charge in [-0.1, -0.05) is 60.7 Å². The lowest BCUT2D eigenvalue weighted by Gasteiger charge is -2.32. The number of hydrogen-bond donors (Lipinski definition) is 2. The normalized spacial score (nSPS) is 14.7. The second kappa shape index (κ2) is 13.6. The van der Waals surface area contributed by atoms with Gasteiger partial charge < -0.3 is 29.2 Å². The smallest absolute Gasteiger partial charge is 0.423 e.